The van der Waals surface area contributed by atoms with Crippen LogP contribution in [0.1, 0.15) is 36.5 Å². The van der Waals surface area contributed by atoms with E-state index in [0.29, 0.717) is 34.5 Å². The van der Waals surface area contributed by atoms with Crippen LogP contribution in [-0.4, -0.2) is 32.7 Å². The van der Waals surface area contributed by atoms with Crippen LogP contribution >= 0.6 is 0 Å². The van der Waals surface area contributed by atoms with Crippen LogP contribution in [0.15, 0.2) is 36.4 Å². The fraction of sp³-hybridized carbons (Fsp3) is 0.381. The summed E-state index contributed by atoms with van der Waals surface area (Å²) >= 11 is 0. The molecule has 2 aromatic carbocycles. The number of rotatable bonds is 5. The second-order valence-electron chi connectivity index (χ2n) is 6.87. The third-order valence-corrected chi connectivity index (χ3v) is 5.01. The van der Waals surface area contributed by atoms with Crippen molar-refractivity contribution >= 4 is 23.0 Å². The first kappa shape index (κ1) is 18.9. The van der Waals surface area contributed by atoms with Crippen LogP contribution in [0.3, 0.4) is 0 Å². The Morgan fingerprint density at radius 2 is 1.81 bits per heavy atom. The zero-order valence-electron chi connectivity index (χ0n) is 16.1. The number of carbonyl (C=O) groups is 1. The summed E-state index contributed by atoms with van der Waals surface area (Å²) in [6, 6.07) is 11.2. The maximum Gasteiger partial charge on any atom is 0.255 e. The lowest BCUT2D eigenvalue weighted by Crippen LogP contribution is -2.37. The zero-order chi connectivity index (χ0) is 19.4. The molecule has 0 aliphatic carbocycles. The van der Waals surface area contributed by atoms with E-state index in [4.69, 9.17) is 15.2 Å². The Morgan fingerprint density at radius 3 is 2.41 bits per heavy atom. The van der Waals surface area contributed by atoms with Crippen LogP contribution in [-0.2, 0) is 0 Å². The predicted molar refractivity (Wildman–Crippen MR) is 109 cm³/mol. The third kappa shape index (κ3) is 4.27. The topological polar surface area (TPSA) is 76.8 Å². The van der Waals surface area contributed by atoms with Crippen molar-refractivity contribution in [3.05, 3.63) is 42.0 Å². The SMILES string of the molecule is COc1cc(OC)cc(C(=O)Nc2ccc(N3CCCC[C@@H]3C)c(N)c2)c1. The molecular weight excluding hydrogens is 342 g/mol. The van der Waals surface area contributed by atoms with E-state index in [2.05, 4.69) is 17.1 Å². The molecule has 3 rings (SSSR count). The summed E-state index contributed by atoms with van der Waals surface area (Å²) < 4.78 is 10.4. The summed E-state index contributed by atoms with van der Waals surface area (Å²) in [6.07, 6.45) is 3.62. The monoisotopic (exact) mass is 369 g/mol. The molecule has 0 radical (unpaired) electrons. The van der Waals surface area contributed by atoms with Gasteiger partial charge in [-0.25, -0.2) is 0 Å². The highest BCUT2D eigenvalue weighted by Gasteiger charge is 2.20. The second kappa shape index (κ2) is 8.20. The van der Waals surface area contributed by atoms with Gasteiger partial charge in [0.25, 0.3) is 5.91 Å². The summed E-state index contributed by atoms with van der Waals surface area (Å²) in [4.78, 5) is 15.0. The average molecular weight is 369 g/mol. The number of benzene rings is 2. The number of hydrogen-bond donors (Lipinski definition) is 2. The van der Waals surface area contributed by atoms with Gasteiger partial charge in [0, 0.05) is 29.9 Å². The molecule has 0 saturated carbocycles. The van der Waals surface area contributed by atoms with E-state index < -0.39 is 0 Å². The predicted octanol–water partition coefficient (Wildman–Crippen LogP) is 3.92. The molecule has 6 heteroatoms. The van der Waals surface area contributed by atoms with E-state index in [9.17, 15) is 4.79 Å². The Labute approximate surface area is 160 Å². The molecule has 1 aliphatic heterocycles. The van der Waals surface area contributed by atoms with Gasteiger partial charge in [0.15, 0.2) is 0 Å². The molecule has 1 fully saturated rings. The quantitative estimate of drug-likeness (QED) is 0.781. The smallest absolute Gasteiger partial charge is 0.255 e. The molecule has 1 saturated heterocycles. The number of amides is 1. The Kier molecular flexibility index (Phi) is 5.74. The molecule has 27 heavy (non-hydrogen) atoms. The van der Waals surface area contributed by atoms with Gasteiger partial charge in [-0.05, 0) is 56.5 Å². The highest BCUT2D eigenvalue weighted by Crippen LogP contribution is 2.32. The molecule has 6 nitrogen and oxygen atoms in total. The Balaban J connectivity index is 1.78. The van der Waals surface area contributed by atoms with Crippen molar-refractivity contribution in [2.24, 2.45) is 0 Å². The number of ether oxygens (including phenoxy) is 2. The van der Waals surface area contributed by atoms with Crippen LogP contribution in [0.2, 0.25) is 0 Å². The number of nitrogens with zero attached hydrogens (tertiary/aromatic N) is 1. The molecular formula is C21H27N3O3. The van der Waals surface area contributed by atoms with Crippen molar-refractivity contribution in [2.75, 3.05) is 36.7 Å². The molecule has 1 aliphatic rings. The first-order chi connectivity index (χ1) is 13.0. The fourth-order valence-electron chi connectivity index (χ4n) is 3.49. The molecule has 144 valence electrons. The summed E-state index contributed by atoms with van der Waals surface area (Å²) in [7, 11) is 3.11. The van der Waals surface area contributed by atoms with Crippen molar-refractivity contribution in [3.63, 3.8) is 0 Å². The number of nitrogens with one attached hydrogen (secondary N) is 1. The van der Waals surface area contributed by atoms with Crippen molar-refractivity contribution in [3.8, 4) is 11.5 Å². The van der Waals surface area contributed by atoms with E-state index in [0.717, 1.165) is 12.2 Å². The van der Waals surface area contributed by atoms with Gasteiger partial charge in [-0.1, -0.05) is 0 Å². The summed E-state index contributed by atoms with van der Waals surface area (Å²) in [5.74, 6) is 0.882. The lowest BCUT2D eigenvalue weighted by molar-refractivity contribution is 0.102. The molecule has 0 bridgehead atoms. The fourth-order valence-corrected chi connectivity index (χ4v) is 3.49. The Bertz CT molecular complexity index is 800. The highest BCUT2D eigenvalue weighted by atomic mass is 16.5. The average Bonchev–Trinajstić information content (AvgIpc) is 2.68. The van der Waals surface area contributed by atoms with Crippen molar-refractivity contribution in [1.29, 1.82) is 0 Å². The lowest BCUT2D eigenvalue weighted by atomic mass is 10.0. The van der Waals surface area contributed by atoms with E-state index in [-0.39, 0.29) is 5.91 Å². The van der Waals surface area contributed by atoms with Crippen LogP contribution < -0.4 is 25.4 Å². The number of nitrogens with two attached hydrogens (primary N) is 1. The van der Waals surface area contributed by atoms with Gasteiger partial charge in [-0.2, -0.15) is 0 Å². The minimum Gasteiger partial charge on any atom is -0.497 e. The third-order valence-electron chi connectivity index (χ3n) is 5.01. The van der Waals surface area contributed by atoms with E-state index in [1.165, 1.54) is 19.3 Å². The zero-order valence-corrected chi connectivity index (χ0v) is 16.1. The van der Waals surface area contributed by atoms with Crippen molar-refractivity contribution in [1.82, 2.24) is 0 Å². The van der Waals surface area contributed by atoms with Gasteiger partial charge < -0.3 is 25.4 Å². The maximum atomic E-state index is 12.6. The van der Waals surface area contributed by atoms with Crippen molar-refractivity contribution < 1.29 is 14.3 Å². The minimum absolute atomic E-state index is 0.245. The maximum absolute atomic E-state index is 12.6. The molecule has 1 amide bonds. The molecule has 0 spiro atoms. The number of carbonyl (C=O) groups excluding carboxylic acids is 1. The van der Waals surface area contributed by atoms with E-state index >= 15 is 0 Å². The number of nitrogen functional groups attached to an aromatic ring is 1. The van der Waals surface area contributed by atoms with Gasteiger partial charge >= 0.3 is 0 Å². The van der Waals surface area contributed by atoms with Gasteiger partial charge in [0.2, 0.25) is 0 Å². The Morgan fingerprint density at radius 1 is 1.11 bits per heavy atom. The standard InChI is InChI=1S/C21H27N3O3/c1-14-6-4-5-9-24(14)20-8-7-16(12-19(20)22)23-21(25)15-10-17(26-2)13-18(11-15)27-3/h7-8,10-14H,4-6,9,22H2,1-3H3,(H,23,25)/t14-/m0/s1. The largest absolute Gasteiger partial charge is 0.497 e. The lowest BCUT2D eigenvalue weighted by Gasteiger charge is -2.36. The van der Waals surface area contributed by atoms with Crippen LogP contribution in [0.25, 0.3) is 0 Å². The van der Waals surface area contributed by atoms with Gasteiger partial charge in [-0.15, -0.1) is 0 Å². The first-order valence-corrected chi connectivity index (χ1v) is 9.22. The number of anilines is 3. The van der Waals surface area contributed by atoms with Gasteiger partial charge in [0.05, 0.1) is 25.6 Å². The first-order valence-electron chi connectivity index (χ1n) is 9.22. The summed E-state index contributed by atoms with van der Waals surface area (Å²) in [6.45, 7) is 3.24. The van der Waals surface area contributed by atoms with Gasteiger partial charge in [0.1, 0.15) is 11.5 Å². The number of methoxy groups -OCH3 is 2. The molecule has 0 unspecified atom stereocenters. The second-order valence-corrected chi connectivity index (χ2v) is 6.87. The highest BCUT2D eigenvalue weighted by molar-refractivity contribution is 6.05. The minimum atomic E-state index is -0.245. The van der Waals surface area contributed by atoms with E-state index in [1.807, 2.05) is 18.2 Å². The van der Waals surface area contributed by atoms with E-state index in [1.54, 1.807) is 32.4 Å². The molecule has 1 heterocycles. The van der Waals surface area contributed by atoms with Crippen molar-refractivity contribution in [2.45, 2.75) is 32.2 Å². The van der Waals surface area contributed by atoms with Crippen LogP contribution in [0, 0.1) is 0 Å². The van der Waals surface area contributed by atoms with Gasteiger partial charge in [-0.3, -0.25) is 4.79 Å². The molecule has 3 N–H and O–H groups in total. The molecule has 2 aromatic rings. The summed E-state index contributed by atoms with van der Waals surface area (Å²) in [5.41, 5.74) is 9.11. The van der Waals surface area contributed by atoms with Crippen LogP contribution in [0.5, 0.6) is 11.5 Å². The summed E-state index contributed by atoms with van der Waals surface area (Å²) in [5, 5.41) is 2.89. The van der Waals surface area contributed by atoms with Crippen LogP contribution in [0.4, 0.5) is 17.1 Å². The number of hydrogen-bond acceptors (Lipinski definition) is 5. The molecule has 0 aromatic heterocycles. The molecule has 1 atom stereocenters. The normalized spacial score (nSPS) is 16.7. The number of piperidine rings is 1. The Hall–Kier alpha value is -2.89.